The Labute approximate surface area is 107 Å². The van der Waals surface area contributed by atoms with Gasteiger partial charge in [0.15, 0.2) is 0 Å². The van der Waals surface area contributed by atoms with Crippen LogP contribution in [0.1, 0.15) is 43.0 Å². The minimum atomic E-state index is -0.436. The molecule has 0 spiro atoms. The van der Waals surface area contributed by atoms with Crippen LogP contribution in [-0.4, -0.2) is 23.6 Å². The molecule has 0 radical (unpaired) electrons. The number of ether oxygens (including phenoxy) is 1. The van der Waals surface area contributed by atoms with E-state index in [1.54, 1.807) is 12.3 Å². The number of anilines is 2. The second kappa shape index (κ2) is 4.84. The summed E-state index contributed by atoms with van der Waals surface area (Å²) >= 11 is 0. The standard InChI is InChI=1S/C13H19N3O2/c1-13(6-3-4-7-13)16-11-10(14)9(5-8-15-11)12(17)18-2/h5,8H,3-4,6-7,14H2,1-2H3,(H,15,16). The first-order chi connectivity index (χ1) is 8.56. The minimum absolute atomic E-state index is 0.0237. The second-order valence-electron chi connectivity index (χ2n) is 5.01. The van der Waals surface area contributed by atoms with Crippen LogP contribution in [0.4, 0.5) is 11.5 Å². The molecule has 1 aromatic rings. The predicted molar refractivity (Wildman–Crippen MR) is 70.5 cm³/mol. The molecule has 1 aliphatic carbocycles. The fraction of sp³-hybridized carbons (Fsp3) is 0.538. The van der Waals surface area contributed by atoms with Crippen LogP contribution >= 0.6 is 0 Å². The van der Waals surface area contributed by atoms with E-state index in [9.17, 15) is 4.79 Å². The largest absolute Gasteiger partial charge is 0.465 e. The van der Waals surface area contributed by atoms with E-state index < -0.39 is 5.97 Å². The first-order valence-electron chi connectivity index (χ1n) is 6.17. The normalized spacial score (nSPS) is 17.4. The maximum absolute atomic E-state index is 11.5. The third kappa shape index (κ3) is 2.39. The topological polar surface area (TPSA) is 77.2 Å². The summed E-state index contributed by atoms with van der Waals surface area (Å²) in [7, 11) is 1.34. The van der Waals surface area contributed by atoms with Crippen molar-refractivity contribution in [3.8, 4) is 0 Å². The molecule has 1 aliphatic rings. The second-order valence-corrected chi connectivity index (χ2v) is 5.01. The molecule has 3 N–H and O–H groups in total. The molecule has 0 aromatic carbocycles. The van der Waals surface area contributed by atoms with E-state index in [0.717, 1.165) is 12.8 Å². The molecule has 98 valence electrons. The molecule has 0 atom stereocenters. The van der Waals surface area contributed by atoms with E-state index in [2.05, 4.69) is 17.2 Å². The lowest BCUT2D eigenvalue weighted by Gasteiger charge is -2.27. The first-order valence-corrected chi connectivity index (χ1v) is 6.17. The predicted octanol–water partition coefficient (Wildman–Crippen LogP) is 2.19. The minimum Gasteiger partial charge on any atom is -0.465 e. The van der Waals surface area contributed by atoms with Gasteiger partial charge in [-0.25, -0.2) is 9.78 Å². The van der Waals surface area contributed by atoms with Gasteiger partial charge in [-0.2, -0.15) is 0 Å². The molecule has 0 amide bonds. The monoisotopic (exact) mass is 249 g/mol. The Bertz CT molecular complexity index is 454. The molecule has 5 heteroatoms. The third-order valence-electron chi connectivity index (χ3n) is 3.52. The fourth-order valence-electron chi connectivity index (χ4n) is 2.43. The van der Waals surface area contributed by atoms with Gasteiger partial charge in [-0.1, -0.05) is 12.8 Å². The van der Waals surface area contributed by atoms with Crippen molar-refractivity contribution >= 4 is 17.5 Å². The van der Waals surface area contributed by atoms with E-state index in [1.165, 1.54) is 20.0 Å². The van der Waals surface area contributed by atoms with Crippen molar-refractivity contribution in [3.63, 3.8) is 0 Å². The highest BCUT2D eigenvalue weighted by molar-refractivity contribution is 5.97. The quantitative estimate of drug-likeness (QED) is 0.803. The van der Waals surface area contributed by atoms with Crippen molar-refractivity contribution in [2.75, 3.05) is 18.2 Å². The molecule has 0 bridgehead atoms. The van der Waals surface area contributed by atoms with Crippen molar-refractivity contribution in [2.24, 2.45) is 0 Å². The molecule has 1 heterocycles. The van der Waals surface area contributed by atoms with Crippen LogP contribution in [0.3, 0.4) is 0 Å². The lowest BCUT2D eigenvalue weighted by Crippen LogP contribution is -2.32. The molecule has 18 heavy (non-hydrogen) atoms. The molecular weight excluding hydrogens is 230 g/mol. The maximum Gasteiger partial charge on any atom is 0.340 e. The van der Waals surface area contributed by atoms with Crippen molar-refractivity contribution in [1.29, 1.82) is 0 Å². The maximum atomic E-state index is 11.5. The van der Waals surface area contributed by atoms with Crippen molar-refractivity contribution < 1.29 is 9.53 Å². The Kier molecular flexibility index (Phi) is 3.41. The third-order valence-corrected chi connectivity index (χ3v) is 3.52. The summed E-state index contributed by atoms with van der Waals surface area (Å²) in [5, 5.41) is 3.36. The van der Waals surface area contributed by atoms with Gasteiger partial charge in [0.25, 0.3) is 0 Å². The number of nitrogens with one attached hydrogen (secondary N) is 1. The lowest BCUT2D eigenvalue weighted by atomic mass is 10.0. The number of methoxy groups -OCH3 is 1. The van der Waals surface area contributed by atoms with Gasteiger partial charge in [0, 0.05) is 11.7 Å². The van der Waals surface area contributed by atoms with Gasteiger partial charge in [-0.3, -0.25) is 0 Å². The van der Waals surface area contributed by atoms with Crippen LogP contribution < -0.4 is 11.1 Å². The summed E-state index contributed by atoms with van der Waals surface area (Å²) in [4.78, 5) is 15.8. The van der Waals surface area contributed by atoms with Gasteiger partial charge in [-0.15, -0.1) is 0 Å². The summed E-state index contributed by atoms with van der Waals surface area (Å²) in [6, 6.07) is 1.57. The highest BCUT2D eigenvalue weighted by atomic mass is 16.5. The van der Waals surface area contributed by atoms with Crippen LogP contribution in [0, 0.1) is 0 Å². The van der Waals surface area contributed by atoms with Gasteiger partial charge in [0.2, 0.25) is 0 Å². The average molecular weight is 249 g/mol. The zero-order valence-electron chi connectivity index (χ0n) is 10.8. The number of carbonyl (C=O) groups is 1. The number of esters is 1. The van der Waals surface area contributed by atoms with Crippen LogP contribution in [0.25, 0.3) is 0 Å². The summed E-state index contributed by atoms with van der Waals surface area (Å²) in [5.74, 6) is 0.136. The number of nitrogen functional groups attached to an aromatic ring is 1. The van der Waals surface area contributed by atoms with Gasteiger partial charge in [0.1, 0.15) is 5.82 Å². The zero-order chi connectivity index (χ0) is 13.2. The van der Waals surface area contributed by atoms with Crippen molar-refractivity contribution in [3.05, 3.63) is 17.8 Å². The Balaban J connectivity index is 2.26. The number of hydrogen-bond donors (Lipinski definition) is 2. The summed E-state index contributed by atoms with van der Waals surface area (Å²) in [6.45, 7) is 2.16. The van der Waals surface area contributed by atoms with Gasteiger partial charge in [-0.05, 0) is 25.8 Å². The van der Waals surface area contributed by atoms with Crippen molar-refractivity contribution in [1.82, 2.24) is 4.98 Å². The van der Waals surface area contributed by atoms with E-state index in [1.807, 2.05) is 0 Å². The highest BCUT2D eigenvalue weighted by Crippen LogP contribution is 2.34. The van der Waals surface area contributed by atoms with Crippen LogP contribution in [0.2, 0.25) is 0 Å². The van der Waals surface area contributed by atoms with Gasteiger partial charge in [0.05, 0.1) is 18.4 Å². The van der Waals surface area contributed by atoms with Crippen LogP contribution in [0.15, 0.2) is 12.3 Å². The van der Waals surface area contributed by atoms with Crippen molar-refractivity contribution in [2.45, 2.75) is 38.1 Å². The van der Waals surface area contributed by atoms with Gasteiger partial charge < -0.3 is 15.8 Å². The van der Waals surface area contributed by atoms with E-state index in [0.29, 0.717) is 17.1 Å². The average Bonchev–Trinajstić information content (AvgIpc) is 2.78. The number of carbonyl (C=O) groups excluding carboxylic acids is 1. The number of hydrogen-bond acceptors (Lipinski definition) is 5. The lowest BCUT2D eigenvalue weighted by molar-refractivity contribution is 0.0602. The highest BCUT2D eigenvalue weighted by Gasteiger charge is 2.29. The van der Waals surface area contributed by atoms with Gasteiger partial charge >= 0.3 is 5.97 Å². The molecule has 0 aliphatic heterocycles. The Hall–Kier alpha value is -1.78. The zero-order valence-corrected chi connectivity index (χ0v) is 10.8. The number of nitrogens with zero attached hydrogens (tertiary/aromatic N) is 1. The Morgan fingerprint density at radius 1 is 1.50 bits per heavy atom. The van der Waals surface area contributed by atoms with E-state index in [4.69, 9.17) is 10.5 Å². The fourth-order valence-corrected chi connectivity index (χ4v) is 2.43. The summed E-state index contributed by atoms with van der Waals surface area (Å²) < 4.78 is 4.69. The first kappa shape index (κ1) is 12.7. The molecule has 0 saturated heterocycles. The molecule has 2 rings (SSSR count). The SMILES string of the molecule is COC(=O)c1ccnc(NC2(C)CCCC2)c1N. The summed E-state index contributed by atoms with van der Waals surface area (Å²) in [6.07, 6.45) is 6.18. The number of aromatic nitrogens is 1. The Morgan fingerprint density at radius 2 is 2.17 bits per heavy atom. The Morgan fingerprint density at radius 3 is 2.78 bits per heavy atom. The van der Waals surface area contributed by atoms with E-state index >= 15 is 0 Å². The molecule has 1 aromatic heterocycles. The molecule has 5 nitrogen and oxygen atoms in total. The van der Waals surface area contributed by atoms with Crippen LogP contribution in [0.5, 0.6) is 0 Å². The van der Waals surface area contributed by atoms with Crippen LogP contribution in [-0.2, 0) is 4.74 Å². The molecule has 1 fully saturated rings. The molecule has 0 unspecified atom stereocenters. The smallest absolute Gasteiger partial charge is 0.340 e. The number of nitrogens with two attached hydrogens (primary N) is 1. The number of pyridine rings is 1. The van der Waals surface area contributed by atoms with E-state index in [-0.39, 0.29) is 5.54 Å². The molecule has 1 saturated carbocycles. The summed E-state index contributed by atoms with van der Waals surface area (Å²) in [5.41, 5.74) is 6.71. The number of rotatable bonds is 3. The molecular formula is C13H19N3O2.